The second kappa shape index (κ2) is 5.33. The normalized spacial score (nSPS) is 25.4. The molecule has 6 heteroatoms. The lowest BCUT2D eigenvalue weighted by Crippen LogP contribution is -2.51. The van der Waals surface area contributed by atoms with Gasteiger partial charge >= 0.3 is 0 Å². The van der Waals surface area contributed by atoms with Crippen molar-refractivity contribution in [3.8, 4) is 0 Å². The van der Waals surface area contributed by atoms with Crippen molar-refractivity contribution in [3.05, 3.63) is 29.7 Å². The van der Waals surface area contributed by atoms with Crippen molar-refractivity contribution < 1.29 is 17.6 Å². The van der Waals surface area contributed by atoms with Crippen LogP contribution in [0, 0.1) is 12.8 Å². The number of carbonyl (C=O) groups is 1. The molecule has 0 bridgehead atoms. The molecule has 114 valence electrons. The van der Waals surface area contributed by atoms with Crippen molar-refractivity contribution in [1.82, 2.24) is 4.90 Å². The predicted molar refractivity (Wildman–Crippen MR) is 79.4 cm³/mol. The van der Waals surface area contributed by atoms with E-state index >= 15 is 0 Å². The van der Waals surface area contributed by atoms with Gasteiger partial charge in [0.1, 0.15) is 11.5 Å². The number of amides is 1. The molecule has 1 atom stereocenters. The molecule has 1 aliphatic carbocycles. The lowest BCUT2D eigenvalue weighted by molar-refractivity contribution is -0.128. The van der Waals surface area contributed by atoms with E-state index in [0.29, 0.717) is 18.2 Å². The summed E-state index contributed by atoms with van der Waals surface area (Å²) in [5.74, 6) is 1.82. The van der Waals surface area contributed by atoms with E-state index in [2.05, 4.69) is 0 Å². The molecule has 0 N–H and O–H groups in total. The number of aryl methyl sites for hydroxylation is 1. The first-order valence-electron chi connectivity index (χ1n) is 7.20. The van der Waals surface area contributed by atoms with Gasteiger partial charge in [0.2, 0.25) is 5.91 Å². The summed E-state index contributed by atoms with van der Waals surface area (Å²) in [6.07, 6.45) is 5.16. The highest BCUT2D eigenvalue weighted by Crippen LogP contribution is 2.37. The third kappa shape index (κ3) is 3.37. The fourth-order valence-electron chi connectivity index (χ4n) is 2.77. The SMILES string of the molecule is Cc1ccc(C=CC(=O)N2CCS(=O)(=O)CC2C2CC2)o1. The molecular formula is C15H19NO4S. The smallest absolute Gasteiger partial charge is 0.247 e. The van der Waals surface area contributed by atoms with E-state index < -0.39 is 9.84 Å². The highest BCUT2D eigenvalue weighted by molar-refractivity contribution is 7.91. The Kier molecular flexibility index (Phi) is 3.65. The predicted octanol–water partition coefficient (Wildman–Crippen LogP) is 1.64. The van der Waals surface area contributed by atoms with Gasteiger partial charge in [0.15, 0.2) is 9.84 Å². The van der Waals surface area contributed by atoms with E-state index in [4.69, 9.17) is 4.42 Å². The second-order valence-corrected chi connectivity index (χ2v) is 8.06. The Bertz CT molecular complexity index is 670. The average Bonchev–Trinajstić information content (AvgIpc) is 3.18. The molecule has 2 heterocycles. The van der Waals surface area contributed by atoms with Gasteiger partial charge in [0.25, 0.3) is 0 Å². The van der Waals surface area contributed by atoms with Crippen molar-refractivity contribution in [3.63, 3.8) is 0 Å². The Balaban J connectivity index is 1.72. The van der Waals surface area contributed by atoms with Gasteiger partial charge in [-0.15, -0.1) is 0 Å². The van der Waals surface area contributed by atoms with Gasteiger partial charge in [-0.2, -0.15) is 0 Å². The molecule has 1 aromatic rings. The van der Waals surface area contributed by atoms with E-state index in [1.165, 1.54) is 6.08 Å². The maximum absolute atomic E-state index is 12.3. The number of hydrogen-bond donors (Lipinski definition) is 0. The van der Waals surface area contributed by atoms with Crippen LogP contribution in [-0.4, -0.2) is 43.3 Å². The molecule has 21 heavy (non-hydrogen) atoms. The molecule has 2 aliphatic rings. The van der Waals surface area contributed by atoms with Crippen molar-refractivity contribution in [2.75, 3.05) is 18.1 Å². The summed E-state index contributed by atoms with van der Waals surface area (Å²) in [5, 5.41) is 0. The minimum absolute atomic E-state index is 0.0651. The fraction of sp³-hybridized carbons (Fsp3) is 0.533. The average molecular weight is 309 g/mol. The van der Waals surface area contributed by atoms with Gasteiger partial charge < -0.3 is 9.32 Å². The molecular weight excluding hydrogens is 290 g/mol. The monoisotopic (exact) mass is 309 g/mol. The fourth-order valence-corrected chi connectivity index (χ4v) is 4.39. The molecule has 0 aromatic carbocycles. The van der Waals surface area contributed by atoms with Crippen LogP contribution in [0.2, 0.25) is 0 Å². The molecule has 1 aliphatic heterocycles. The van der Waals surface area contributed by atoms with Crippen LogP contribution in [0.5, 0.6) is 0 Å². The molecule has 1 saturated heterocycles. The van der Waals surface area contributed by atoms with Gasteiger partial charge in [-0.05, 0) is 43.9 Å². The van der Waals surface area contributed by atoms with Crippen molar-refractivity contribution in [1.29, 1.82) is 0 Å². The number of nitrogens with zero attached hydrogens (tertiary/aromatic N) is 1. The first-order chi connectivity index (χ1) is 9.94. The summed E-state index contributed by atoms with van der Waals surface area (Å²) >= 11 is 0. The lowest BCUT2D eigenvalue weighted by atomic mass is 10.1. The molecule has 1 amide bonds. The molecule has 1 unspecified atom stereocenters. The van der Waals surface area contributed by atoms with Crippen molar-refractivity contribution >= 4 is 21.8 Å². The third-order valence-electron chi connectivity index (χ3n) is 4.07. The summed E-state index contributed by atoms with van der Waals surface area (Å²) in [6, 6.07) is 3.49. The van der Waals surface area contributed by atoms with E-state index in [9.17, 15) is 13.2 Å². The minimum atomic E-state index is -3.00. The number of sulfone groups is 1. The Hall–Kier alpha value is -1.56. The largest absolute Gasteiger partial charge is 0.462 e. The van der Waals surface area contributed by atoms with Gasteiger partial charge in [-0.25, -0.2) is 8.42 Å². The maximum atomic E-state index is 12.3. The molecule has 1 saturated carbocycles. The van der Waals surface area contributed by atoms with Crippen LogP contribution in [0.15, 0.2) is 22.6 Å². The van der Waals surface area contributed by atoms with Crippen LogP contribution in [0.1, 0.15) is 24.4 Å². The zero-order chi connectivity index (χ0) is 15.0. The van der Waals surface area contributed by atoms with Gasteiger partial charge in [-0.3, -0.25) is 4.79 Å². The summed E-state index contributed by atoms with van der Waals surface area (Å²) in [6.45, 7) is 2.14. The Morgan fingerprint density at radius 2 is 2.14 bits per heavy atom. The molecule has 0 radical (unpaired) electrons. The highest BCUT2D eigenvalue weighted by Gasteiger charge is 2.42. The van der Waals surface area contributed by atoms with Crippen LogP contribution in [-0.2, 0) is 14.6 Å². The Morgan fingerprint density at radius 1 is 1.38 bits per heavy atom. The van der Waals surface area contributed by atoms with Crippen LogP contribution >= 0.6 is 0 Å². The van der Waals surface area contributed by atoms with Crippen LogP contribution < -0.4 is 0 Å². The molecule has 0 spiro atoms. The van der Waals surface area contributed by atoms with Crippen molar-refractivity contribution in [2.45, 2.75) is 25.8 Å². The summed E-state index contributed by atoms with van der Waals surface area (Å²) in [7, 11) is -3.00. The Labute approximate surface area is 124 Å². The van der Waals surface area contributed by atoms with Crippen LogP contribution in [0.25, 0.3) is 6.08 Å². The summed E-state index contributed by atoms with van der Waals surface area (Å²) < 4.78 is 28.9. The standard InChI is InChI=1S/C15H19NO4S/c1-11-2-5-13(20-11)6-7-15(17)16-8-9-21(18,19)10-14(16)12-3-4-12/h2,5-7,12,14H,3-4,8-10H2,1H3. The highest BCUT2D eigenvalue weighted by atomic mass is 32.2. The second-order valence-electron chi connectivity index (χ2n) is 5.83. The number of rotatable bonds is 3. The molecule has 5 nitrogen and oxygen atoms in total. The third-order valence-corrected chi connectivity index (χ3v) is 5.72. The first-order valence-corrected chi connectivity index (χ1v) is 9.02. The lowest BCUT2D eigenvalue weighted by Gasteiger charge is -2.35. The van der Waals surface area contributed by atoms with Gasteiger partial charge in [0, 0.05) is 18.7 Å². The minimum Gasteiger partial charge on any atom is -0.462 e. The zero-order valence-electron chi connectivity index (χ0n) is 12.0. The van der Waals surface area contributed by atoms with E-state index in [-0.39, 0.29) is 23.5 Å². The molecule has 3 rings (SSSR count). The number of hydrogen-bond acceptors (Lipinski definition) is 4. The topological polar surface area (TPSA) is 67.6 Å². The quantitative estimate of drug-likeness (QED) is 0.796. The zero-order valence-corrected chi connectivity index (χ0v) is 12.8. The van der Waals surface area contributed by atoms with E-state index in [1.807, 2.05) is 13.0 Å². The summed E-state index contributed by atoms with van der Waals surface area (Å²) in [5.41, 5.74) is 0. The first kappa shape index (κ1) is 14.4. The van der Waals surface area contributed by atoms with Gasteiger partial charge in [-0.1, -0.05) is 0 Å². The van der Waals surface area contributed by atoms with E-state index in [1.54, 1.807) is 17.0 Å². The van der Waals surface area contributed by atoms with Crippen molar-refractivity contribution in [2.24, 2.45) is 5.92 Å². The maximum Gasteiger partial charge on any atom is 0.247 e. The van der Waals surface area contributed by atoms with E-state index in [0.717, 1.165) is 18.6 Å². The van der Waals surface area contributed by atoms with Crippen LogP contribution in [0.4, 0.5) is 0 Å². The number of carbonyl (C=O) groups excluding carboxylic acids is 1. The number of furan rings is 1. The summed E-state index contributed by atoms with van der Waals surface area (Å²) in [4.78, 5) is 14.0. The Morgan fingerprint density at radius 3 is 2.76 bits per heavy atom. The molecule has 2 fully saturated rings. The molecule has 1 aromatic heterocycles. The van der Waals surface area contributed by atoms with Crippen LogP contribution in [0.3, 0.4) is 0 Å². The van der Waals surface area contributed by atoms with Gasteiger partial charge in [0.05, 0.1) is 11.5 Å².